The molecule has 1 fully saturated rings. The quantitative estimate of drug-likeness (QED) is 0.665. The molecule has 0 aliphatic carbocycles. The van der Waals surface area contributed by atoms with Gasteiger partial charge in [-0.3, -0.25) is 14.9 Å². The number of nitrogens with zero attached hydrogens (tertiary/aromatic N) is 1. The Labute approximate surface area is 126 Å². The van der Waals surface area contributed by atoms with Crippen LogP contribution in [0.3, 0.4) is 0 Å². The summed E-state index contributed by atoms with van der Waals surface area (Å²) in [5.41, 5.74) is -0.132. The number of amides is 1. The summed E-state index contributed by atoms with van der Waals surface area (Å²) in [4.78, 5) is 21.9. The Morgan fingerprint density at radius 3 is 2.71 bits per heavy atom. The first kappa shape index (κ1) is 15.7. The van der Waals surface area contributed by atoms with E-state index in [-0.39, 0.29) is 28.6 Å². The lowest BCUT2D eigenvalue weighted by Crippen LogP contribution is -2.34. The molecule has 1 aromatic rings. The van der Waals surface area contributed by atoms with Gasteiger partial charge in [-0.15, -0.1) is 0 Å². The van der Waals surface area contributed by atoms with Gasteiger partial charge in [0.25, 0.3) is 11.6 Å². The first-order valence-corrected chi connectivity index (χ1v) is 8.34. The molecular weight excluding hydrogens is 320 g/mol. The third-order valence-electron chi connectivity index (χ3n) is 3.36. The number of nitro benzene ring substituents is 1. The highest BCUT2D eigenvalue weighted by molar-refractivity contribution is 7.92. The molecule has 21 heavy (non-hydrogen) atoms. The summed E-state index contributed by atoms with van der Waals surface area (Å²) < 4.78 is 23.3. The van der Waals surface area contributed by atoms with Gasteiger partial charge >= 0.3 is 0 Å². The Balaban J connectivity index is 2.04. The van der Waals surface area contributed by atoms with Gasteiger partial charge in [0.1, 0.15) is 5.02 Å². The maximum atomic E-state index is 11.9. The number of nitrogens with one attached hydrogen (secondary N) is 1. The highest BCUT2D eigenvalue weighted by Crippen LogP contribution is 2.25. The van der Waals surface area contributed by atoms with E-state index in [0.717, 1.165) is 6.07 Å². The van der Waals surface area contributed by atoms with E-state index in [4.69, 9.17) is 11.6 Å². The van der Waals surface area contributed by atoms with E-state index in [1.807, 2.05) is 0 Å². The average Bonchev–Trinajstić information content (AvgIpc) is 2.74. The van der Waals surface area contributed by atoms with Gasteiger partial charge < -0.3 is 5.32 Å². The number of hydrogen-bond donors (Lipinski definition) is 1. The van der Waals surface area contributed by atoms with Crippen LogP contribution in [-0.2, 0) is 9.84 Å². The van der Waals surface area contributed by atoms with Crippen molar-refractivity contribution in [3.05, 3.63) is 38.9 Å². The van der Waals surface area contributed by atoms with Gasteiger partial charge in [-0.1, -0.05) is 11.6 Å². The van der Waals surface area contributed by atoms with Crippen LogP contribution in [0.1, 0.15) is 23.2 Å². The minimum absolute atomic E-state index is 0.0375. The Hall–Kier alpha value is -1.67. The molecule has 0 aromatic heterocycles. The molecule has 0 bridgehead atoms. The zero-order valence-electron chi connectivity index (χ0n) is 10.9. The molecule has 7 nitrogen and oxygen atoms in total. The molecule has 1 aliphatic heterocycles. The number of halogens is 1. The molecule has 1 aromatic carbocycles. The monoisotopic (exact) mass is 332 g/mol. The standard InChI is InChI=1S/C12H13ClN2O5S/c13-10-6-8(3-4-11(10)15(17)18)12(16)14-7-9-2-1-5-21(9,19)20/h3-4,6,9H,1-2,5,7H2,(H,14,16). The van der Waals surface area contributed by atoms with Crippen molar-refractivity contribution in [3.63, 3.8) is 0 Å². The lowest BCUT2D eigenvalue weighted by atomic mass is 10.2. The fourth-order valence-corrected chi connectivity index (χ4v) is 4.21. The molecule has 114 valence electrons. The normalized spacial score (nSPS) is 20.1. The van der Waals surface area contributed by atoms with Crippen LogP contribution in [0.5, 0.6) is 0 Å². The van der Waals surface area contributed by atoms with Gasteiger partial charge in [-0.2, -0.15) is 0 Å². The Bertz CT molecular complexity index is 689. The maximum Gasteiger partial charge on any atom is 0.287 e. The van der Waals surface area contributed by atoms with Crippen molar-refractivity contribution in [2.45, 2.75) is 18.1 Å². The van der Waals surface area contributed by atoms with Crippen LogP contribution in [0.4, 0.5) is 5.69 Å². The number of sulfone groups is 1. The molecule has 1 atom stereocenters. The topological polar surface area (TPSA) is 106 Å². The van der Waals surface area contributed by atoms with E-state index < -0.39 is 25.9 Å². The molecule has 2 rings (SSSR count). The predicted octanol–water partition coefficient (Wildman–Crippen LogP) is 1.56. The van der Waals surface area contributed by atoms with Crippen molar-refractivity contribution < 1.29 is 18.1 Å². The summed E-state index contributed by atoms with van der Waals surface area (Å²) in [5.74, 6) is -0.356. The van der Waals surface area contributed by atoms with Crippen LogP contribution in [-0.4, -0.2) is 36.8 Å². The molecular formula is C12H13ClN2O5S. The maximum absolute atomic E-state index is 11.9. The van der Waals surface area contributed by atoms with Crippen LogP contribution < -0.4 is 5.32 Å². The van der Waals surface area contributed by atoms with E-state index in [0.29, 0.717) is 12.8 Å². The van der Waals surface area contributed by atoms with Crippen molar-refractivity contribution >= 4 is 33.0 Å². The molecule has 1 heterocycles. The number of benzene rings is 1. The number of rotatable bonds is 4. The van der Waals surface area contributed by atoms with Crippen molar-refractivity contribution in [3.8, 4) is 0 Å². The summed E-state index contributed by atoms with van der Waals surface area (Å²) in [7, 11) is -3.12. The van der Waals surface area contributed by atoms with Gasteiger partial charge in [-0.05, 0) is 25.0 Å². The molecule has 0 saturated carbocycles. The van der Waals surface area contributed by atoms with E-state index in [9.17, 15) is 23.3 Å². The minimum Gasteiger partial charge on any atom is -0.351 e. The van der Waals surface area contributed by atoms with Gasteiger partial charge in [-0.25, -0.2) is 8.42 Å². The first-order valence-electron chi connectivity index (χ1n) is 6.25. The summed E-state index contributed by atoms with van der Waals surface area (Å²) in [6.07, 6.45) is 1.13. The van der Waals surface area contributed by atoms with Gasteiger partial charge in [0, 0.05) is 18.2 Å². The third-order valence-corrected chi connectivity index (χ3v) is 5.94. The Morgan fingerprint density at radius 2 is 2.19 bits per heavy atom. The third kappa shape index (κ3) is 3.51. The van der Waals surface area contributed by atoms with Crippen molar-refractivity contribution in [1.82, 2.24) is 5.32 Å². The van der Waals surface area contributed by atoms with Crippen LogP contribution in [0.25, 0.3) is 0 Å². The smallest absolute Gasteiger partial charge is 0.287 e. The van der Waals surface area contributed by atoms with Crippen LogP contribution >= 0.6 is 11.6 Å². The lowest BCUT2D eigenvalue weighted by molar-refractivity contribution is -0.384. The summed E-state index contributed by atoms with van der Waals surface area (Å²) in [6, 6.07) is 3.62. The molecule has 0 spiro atoms. The lowest BCUT2D eigenvalue weighted by Gasteiger charge is -2.11. The minimum atomic E-state index is -3.12. The van der Waals surface area contributed by atoms with E-state index in [1.54, 1.807) is 0 Å². The average molecular weight is 333 g/mol. The van der Waals surface area contributed by atoms with Crippen LogP contribution in [0.2, 0.25) is 5.02 Å². The zero-order valence-corrected chi connectivity index (χ0v) is 12.5. The second-order valence-corrected chi connectivity index (χ2v) is 7.57. The van der Waals surface area contributed by atoms with Crippen molar-refractivity contribution in [2.24, 2.45) is 0 Å². The molecule has 1 aliphatic rings. The molecule has 1 amide bonds. The Morgan fingerprint density at radius 1 is 1.48 bits per heavy atom. The van der Waals surface area contributed by atoms with Gasteiger partial charge in [0.2, 0.25) is 0 Å². The fraction of sp³-hybridized carbons (Fsp3) is 0.417. The second-order valence-electron chi connectivity index (χ2n) is 4.76. The summed E-state index contributed by atoms with van der Waals surface area (Å²) in [5, 5.41) is 12.5. The van der Waals surface area contributed by atoms with Gasteiger partial charge in [0.05, 0.1) is 15.9 Å². The van der Waals surface area contributed by atoms with Crippen LogP contribution in [0.15, 0.2) is 18.2 Å². The molecule has 1 saturated heterocycles. The molecule has 0 radical (unpaired) electrons. The summed E-state index contributed by atoms with van der Waals surface area (Å²) in [6.45, 7) is 0.0375. The molecule has 9 heteroatoms. The van der Waals surface area contributed by atoms with E-state index in [2.05, 4.69) is 5.32 Å². The van der Waals surface area contributed by atoms with Gasteiger partial charge in [0.15, 0.2) is 9.84 Å². The number of hydrogen-bond acceptors (Lipinski definition) is 5. The van der Waals surface area contributed by atoms with Crippen LogP contribution in [0, 0.1) is 10.1 Å². The fourth-order valence-electron chi connectivity index (χ4n) is 2.19. The number of carbonyl (C=O) groups excluding carboxylic acids is 1. The molecule has 1 unspecified atom stereocenters. The van der Waals surface area contributed by atoms with Crippen molar-refractivity contribution in [2.75, 3.05) is 12.3 Å². The Kier molecular flexibility index (Phi) is 4.48. The highest BCUT2D eigenvalue weighted by Gasteiger charge is 2.31. The molecule has 1 N–H and O–H groups in total. The largest absolute Gasteiger partial charge is 0.351 e. The van der Waals surface area contributed by atoms with E-state index >= 15 is 0 Å². The predicted molar refractivity (Wildman–Crippen MR) is 77.2 cm³/mol. The highest BCUT2D eigenvalue weighted by atomic mass is 35.5. The summed E-state index contributed by atoms with van der Waals surface area (Å²) >= 11 is 5.72. The number of carbonyl (C=O) groups is 1. The van der Waals surface area contributed by atoms with Crippen molar-refractivity contribution in [1.29, 1.82) is 0 Å². The zero-order chi connectivity index (χ0) is 15.6. The number of nitro groups is 1. The second kappa shape index (κ2) is 5.98. The first-order chi connectivity index (χ1) is 9.81. The SMILES string of the molecule is O=C(NCC1CCCS1(=O)=O)c1ccc([N+](=O)[O-])c(Cl)c1. The van der Waals surface area contributed by atoms with E-state index in [1.165, 1.54) is 12.1 Å².